The minimum absolute atomic E-state index is 0.163. The van der Waals surface area contributed by atoms with E-state index in [1.807, 2.05) is 0 Å². The fourth-order valence-corrected chi connectivity index (χ4v) is 2.24. The largest absolute Gasteiger partial charge is 0.493 e. The minimum atomic E-state index is 0.163. The summed E-state index contributed by atoms with van der Waals surface area (Å²) in [5, 5.41) is 0.163. The maximum atomic E-state index is 6.35. The third-order valence-electron chi connectivity index (χ3n) is 2.89. The molecule has 1 nitrogen and oxygen atoms in total. The fourth-order valence-electron chi connectivity index (χ4n) is 1.95. The molecule has 0 fully saturated rings. The van der Waals surface area contributed by atoms with Crippen molar-refractivity contribution in [2.75, 3.05) is 6.61 Å². The van der Waals surface area contributed by atoms with Gasteiger partial charge >= 0.3 is 0 Å². The lowest BCUT2D eigenvalue weighted by atomic mass is 10.0. The molecule has 2 rings (SSSR count). The van der Waals surface area contributed by atoms with Crippen molar-refractivity contribution in [3.05, 3.63) is 29.3 Å². The number of rotatable bonds is 4. The highest BCUT2D eigenvalue weighted by Crippen LogP contribution is 2.32. The Hall–Kier alpha value is -0.690. The molecular weight excluding hydrogens is 208 g/mol. The Morgan fingerprint density at radius 1 is 1.47 bits per heavy atom. The lowest BCUT2D eigenvalue weighted by Gasteiger charge is -2.10. The normalized spacial score (nSPS) is 15.9. The van der Waals surface area contributed by atoms with Gasteiger partial charge < -0.3 is 4.74 Å². The molecule has 1 aromatic carbocycles. The van der Waals surface area contributed by atoms with Crippen LogP contribution in [0.2, 0.25) is 0 Å². The zero-order valence-corrected chi connectivity index (χ0v) is 9.89. The lowest BCUT2D eigenvalue weighted by Crippen LogP contribution is -1.91. The highest BCUT2D eigenvalue weighted by molar-refractivity contribution is 6.20. The van der Waals surface area contributed by atoms with Crippen LogP contribution < -0.4 is 4.74 Å². The molecule has 82 valence electrons. The van der Waals surface area contributed by atoms with Gasteiger partial charge in [-0.25, -0.2) is 0 Å². The van der Waals surface area contributed by atoms with Crippen LogP contribution in [0.5, 0.6) is 5.75 Å². The zero-order chi connectivity index (χ0) is 10.7. The number of alkyl halides is 1. The summed E-state index contributed by atoms with van der Waals surface area (Å²) in [5.74, 6) is 1.04. The zero-order valence-electron chi connectivity index (χ0n) is 9.13. The van der Waals surface area contributed by atoms with Gasteiger partial charge in [0.2, 0.25) is 0 Å². The fraction of sp³-hybridized carbons (Fsp3) is 0.538. The molecule has 0 bridgehead atoms. The molecular formula is C13H17ClO. The molecule has 0 saturated heterocycles. The summed E-state index contributed by atoms with van der Waals surface area (Å²) in [6, 6.07) is 6.35. The van der Waals surface area contributed by atoms with Gasteiger partial charge in [-0.2, -0.15) is 0 Å². The summed E-state index contributed by atoms with van der Waals surface area (Å²) in [4.78, 5) is 0. The molecule has 1 aliphatic heterocycles. The Labute approximate surface area is 96.4 Å². The van der Waals surface area contributed by atoms with E-state index in [0.717, 1.165) is 25.2 Å². The Morgan fingerprint density at radius 3 is 3.13 bits per heavy atom. The van der Waals surface area contributed by atoms with E-state index in [-0.39, 0.29) is 5.38 Å². The second-order valence-corrected chi connectivity index (χ2v) is 4.60. The van der Waals surface area contributed by atoms with E-state index >= 15 is 0 Å². The first-order chi connectivity index (χ1) is 7.31. The highest BCUT2D eigenvalue weighted by atomic mass is 35.5. The maximum Gasteiger partial charge on any atom is 0.122 e. The Kier molecular flexibility index (Phi) is 3.53. The molecule has 0 spiro atoms. The van der Waals surface area contributed by atoms with E-state index in [1.165, 1.54) is 24.0 Å². The standard InChI is InChI=1S/C13H17ClO/c1-2-3-4-12(14)10-5-6-13-11(9-10)7-8-15-13/h5-6,9,12H,2-4,7-8H2,1H3. The molecule has 0 saturated carbocycles. The van der Waals surface area contributed by atoms with Crippen LogP contribution in [0.1, 0.15) is 42.7 Å². The van der Waals surface area contributed by atoms with Crippen LogP contribution in [-0.4, -0.2) is 6.61 Å². The van der Waals surface area contributed by atoms with Crippen molar-refractivity contribution in [1.82, 2.24) is 0 Å². The van der Waals surface area contributed by atoms with E-state index in [9.17, 15) is 0 Å². The number of benzene rings is 1. The van der Waals surface area contributed by atoms with Crippen molar-refractivity contribution in [2.24, 2.45) is 0 Å². The minimum Gasteiger partial charge on any atom is -0.493 e. The first kappa shape index (κ1) is 10.8. The SMILES string of the molecule is CCCCC(Cl)c1ccc2c(c1)CCO2. The Morgan fingerprint density at radius 2 is 2.33 bits per heavy atom. The van der Waals surface area contributed by atoms with E-state index in [1.54, 1.807) is 0 Å². The number of fused-ring (bicyclic) bond motifs is 1. The lowest BCUT2D eigenvalue weighted by molar-refractivity contribution is 0.357. The van der Waals surface area contributed by atoms with Crippen LogP contribution in [-0.2, 0) is 6.42 Å². The van der Waals surface area contributed by atoms with Crippen LogP contribution in [0, 0.1) is 0 Å². The van der Waals surface area contributed by atoms with Gasteiger partial charge in [-0.1, -0.05) is 31.9 Å². The van der Waals surface area contributed by atoms with Gasteiger partial charge in [0.15, 0.2) is 0 Å². The van der Waals surface area contributed by atoms with Gasteiger partial charge in [0.05, 0.1) is 12.0 Å². The third kappa shape index (κ3) is 2.46. The van der Waals surface area contributed by atoms with Gasteiger partial charge in [-0.15, -0.1) is 11.6 Å². The third-order valence-corrected chi connectivity index (χ3v) is 3.36. The van der Waals surface area contributed by atoms with Gasteiger partial charge in [0.1, 0.15) is 5.75 Å². The number of hydrogen-bond acceptors (Lipinski definition) is 1. The second kappa shape index (κ2) is 4.89. The van der Waals surface area contributed by atoms with Crippen LogP contribution in [0.3, 0.4) is 0 Å². The monoisotopic (exact) mass is 224 g/mol. The highest BCUT2D eigenvalue weighted by Gasteiger charge is 2.15. The molecule has 0 radical (unpaired) electrons. The number of unbranched alkanes of at least 4 members (excludes halogenated alkanes) is 1. The summed E-state index contributed by atoms with van der Waals surface area (Å²) < 4.78 is 5.47. The molecule has 15 heavy (non-hydrogen) atoms. The molecule has 1 atom stereocenters. The molecule has 1 aromatic rings. The van der Waals surface area contributed by atoms with Crippen molar-refractivity contribution in [3.8, 4) is 5.75 Å². The molecule has 0 N–H and O–H groups in total. The summed E-state index contributed by atoms with van der Waals surface area (Å²) in [6.07, 6.45) is 4.50. The van der Waals surface area contributed by atoms with Crippen molar-refractivity contribution < 1.29 is 4.74 Å². The van der Waals surface area contributed by atoms with Crippen LogP contribution >= 0.6 is 11.6 Å². The van der Waals surface area contributed by atoms with E-state index < -0.39 is 0 Å². The molecule has 2 heteroatoms. The molecule has 0 amide bonds. The summed E-state index contributed by atoms with van der Waals surface area (Å²) in [7, 11) is 0. The van der Waals surface area contributed by atoms with Gasteiger partial charge in [0, 0.05) is 6.42 Å². The van der Waals surface area contributed by atoms with Gasteiger partial charge in [0.25, 0.3) is 0 Å². The number of halogens is 1. The Balaban J connectivity index is 2.08. The first-order valence-electron chi connectivity index (χ1n) is 5.71. The van der Waals surface area contributed by atoms with Crippen LogP contribution in [0.15, 0.2) is 18.2 Å². The van der Waals surface area contributed by atoms with E-state index in [0.29, 0.717) is 0 Å². The van der Waals surface area contributed by atoms with Gasteiger partial charge in [-0.05, 0) is 23.6 Å². The second-order valence-electron chi connectivity index (χ2n) is 4.08. The maximum absolute atomic E-state index is 6.35. The van der Waals surface area contributed by atoms with Crippen molar-refractivity contribution in [1.29, 1.82) is 0 Å². The Bertz CT molecular complexity index is 335. The number of hydrogen-bond donors (Lipinski definition) is 0. The summed E-state index contributed by atoms with van der Waals surface area (Å²) in [6.45, 7) is 3.01. The molecule has 1 unspecified atom stereocenters. The van der Waals surface area contributed by atoms with Crippen LogP contribution in [0.25, 0.3) is 0 Å². The molecule has 0 aliphatic carbocycles. The first-order valence-corrected chi connectivity index (χ1v) is 6.14. The van der Waals surface area contributed by atoms with Gasteiger partial charge in [-0.3, -0.25) is 0 Å². The smallest absolute Gasteiger partial charge is 0.122 e. The average molecular weight is 225 g/mol. The summed E-state index contributed by atoms with van der Waals surface area (Å²) >= 11 is 6.35. The predicted molar refractivity (Wildman–Crippen MR) is 63.8 cm³/mol. The van der Waals surface area contributed by atoms with Crippen molar-refractivity contribution in [2.45, 2.75) is 38.0 Å². The molecule has 1 heterocycles. The van der Waals surface area contributed by atoms with Crippen LogP contribution in [0.4, 0.5) is 0 Å². The topological polar surface area (TPSA) is 9.23 Å². The van der Waals surface area contributed by atoms with E-state index in [4.69, 9.17) is 16.3 Å². The molecule has 1 aliphatic rings. The molecule has 0 aromatic heterocycles. The predicted octanol–water partition coefficient (Wildman–Crippen LogP) is 4.09. The number of ether oxygens (including phenoxy) is 1. The van der Waals surface area contributed by atoms with Crippen molar-refractivity contribution >= 4 is 11.6 Å². The van der Waals surface area contributed by atoms with Crippen molar-refractivity contribution in [3.63, 3.8) is 0 Å². The summed E-state index contributed by atoms with van der Waals surface area (Å²) in [5.41, 5.74) is 2.56. The average Bonchev–Trinajstić information content (AvgIpc) is 2.72. The van der Waals surface area contributed by atoms with E-state index in [2.05, 4.69) is 25.1 Å². The quantitative estimate of drug-likeness (QED) is 0.700.